The number of aliphatic hydroxyl groups is 1. The lowest BCUT2D eigenvalue weighted by Crippen LogP contribution is -2.58. The minimum atomic E-state index is -1.61. The molecular formula is C16H21F2N3O3. The van der Waals surface area contributed by atoms with Crippen molar-refractivity contribution in [3.8, 4) is 0 Å². The summed E-state index contributed by atoms with van der Waals surface area (Å²) in [5.74, 6) is -2.65. The number of rotatable bonds is 6. The van der Waals surface area contributed by atoms with Crippen molar-refractivity contribution >= 4 is 11.8 Å². The predicted molar refractivity (Wildman–Crippen MR) is 82.9 cm³/mol. The van der Waals surface area contributed by atoms with E-state index in [4.69, 9.17) is 0 Å². The average molecular weight is 341 g/mol. The van der Waals surface area contributed by atoms with E-state index in [0.29, 0.717) is 18.5 Å². The Bertz CT molecular complexity index is 627. The summed E-state index contributed by atoms with van der Waals surface area (Å²) in [7, 11) is 1.49. The lowest BCUT2D eigenvalue weighted by molar-refractivity contribution is -0.157. The molecule has 0 aromatic heterocycles. The van der Waals surface area contributed by atoms with Crippen molar-refractivity contribution in [1.82, 2.24) is 15.5 Å². The Hall–Kier alpha value is -2.06. The number of carbonyl (C=O) groups is 2. The minimum Gasteiger partial charge on any atom is -0.379 e. The Kier molecular flexibility index (Phi) is 5.84. The average Bonchev–Trinajstić information content (AvgIpc) is 2.55. The molecule has 0 aliphatic carbocycles. The molecule has 0 bridgehead atoms. The summed E-state index contributed by atoms with van der Waals surface area (Å²) in [6, 6.07) is 3.46. The van der Waals surface area contributed by atoms with E-state index in [1.807, 2.05) is 0 Å². The molecule has 6 nitrogen and oxygen atoms in total. The third-order valence-electron chi connectivity index (χ3n) is 4.04. The topological polar surface area (TPSA) is 81.7 Å². The molecule has 1 aromatic rings. The number of nitrogens with one attached hydrogen (secondary N) is 2. The second-order valence-corrected chi connectivity index (χ2v) is 5.89. The molecule has 8 heteroatoms. The van der Waals surface area contributed by atoms with Gasteiger partial charge in [-0.3, -0.25) is 9.59 Å². The standard InChI is InChI=1S/C16H21F2N3O3/c1-19-14(22)8-20-10-16(24)5-2-6-21(15(16)23)9-11-3-4-12(17)13(18)7-11/h3-4,7,20,24H,2,5-6,8-10H2,1H3,(H,19,22). The Morgan fingerprint density at radius 3 is 2.79 bits per heavy atom. The summed E-state index contributed by atoms with van der Waals surface area (Å²) in [5.41, 5.74) is -1.16. The van der Waals surface area contributed by atoms with Crippen LogP contribution >= 0.6 is 0 Å². The van der Waals surface area contributed by atoms with Crippen molar-refractivity contribution in [3.05, 3.63) is 35.4 Å². The molecular weight excluding hydrogens is 320 g/mol. The quantitative estimate of drug-likeness (QED) is 0.688. The SMILES string of the molecule is CNC(=O)CNCC1(O)CCCN(Cc2ccc(F)c(F)c2)C1=O. The first-order chi connectivity index (χ1) is 11.4. The van der Waals surface area contributed by atoms with E-state index >= 15 is 0 Å². The fraction of sp³-hybridized carbons (Fsp3) is 0.500. The molecule has 0 spiro atoms. The van der Waals surface area contributed by atoms with Crippen LogP contribution in [-0.4, -0.2) is 54.1 Å². The molecule has 132 valence electrons. The van der Waals surface area contributed by atoms with Gasteiger partial charge in [-0.15, -0.1) is 0 Å². The number of amides is 2. The Balaban J connectivity index is 2.00. The van der Waals surface area contributed by atoms with Gasteiger partial charge in [0, 0.05) is 26.7 Å². The number of carbonyl (C=O) groups excluding carboxylic acids is 2. The third kappa shape index (κ3) is 4.27. The van der Waals surface area contributed by atoms with Crippen LogP contribution in [-0.2, 0) is 16.1 Å². The van der Waals surface area contributed by atoms with E-state index in [1.54, 1.807) is 0 Å². The molecule has 1 atom stereocenters. The van der Waals surface area contributed by atoms with Gasteiger partial charge in [0.1, 0.15) is 0 Å². The minimum absolute atomic E-state index is 0.00470. The molecule has 0 saturated carbocycles. The first kappa shape index (κ1) is 18.3. The van der Waals surface area contributed by atoms with Gasteiger partial charge >= 0.3 is 0 Å². The number of likely N-dealkylation sites (tertiary alicyclic amines) is 1. The third-order valence-corrected chi connectivity index (χ3v) is 4.04. The van der Waals surface area contributed by atoms with Crippen molar-refractivity contribution < 1.29 is 23.5 Å². The highest BCUT2D eigenvalue weighted by Gasteiger charge is 2.41. The predicted octanol–water partition coefficient (Wildman–Crippen LogP) is 0.154. The number of piperidine rings is 1. The number of likely N-dealkylation sites (N-methyl/N-ethyl adjacent to an activating group) is 1. The van der Waals surface area contributed by atoms with Crippen molar-refractivity contribution in [1.29, 1.82) is 0 Å². The molecule has 1 heterocycles. The van der Waals surface area contributed by atoms with E-state index in [0.717, 1.165) is 12.1 Å². The van der Waals surface area contributed by atoms with Gasteiger partial charge < -0.3 is 20.6 Å². The lowest BCUT2D eigenvalue weighted by Gasteiger charge is -2.38. The molecule has 1 fully saturated rings. The summed E-state index contributed by atoms with van der Waals surface area (Å²) in [4.78, 5) is 25.1. The molecule has 1 saturated heterocycles. The zero-order chi connectivity index (χ0) is 17.7. The zero-order valence-corrected chi connectivity index (χ0v) is 13.4. The van der Waals surface area contributed by atoms with E-state index < -0.39 is 23.1 Å². The maximum Gasteiger partial charge on any atom is 0.256 e. The number of hydrogen-bond acceptors (Lipinski definition) is 4. The molecule has 2 rings (SSSR count). The number of hydrogen-bond donors (Lipinski definition) is 3. The summed E-state index contributed by atoms with van der Waals surface area (Å²) in [6.07, 6.45) is 0.856. The van der Waals surface area contributed by atoms with E-state index in [1.165, 1.54) is 18.0 Å². The monoisotopic (exact) mass is 341 g/mol. The maximum absolute atomic E-state index is 13.3. The molecule has 1 aliphatic rings. The summed E-state index contributed by atoms with van der Waals surface area (Å²) < 4.78 is 26.3. The van der Waals surface area contributed by atoms with Crippen LogP contribution in [0.5, 0.6) is 0 Å². The highest BCUT2D eigenvalue weighted by atomic mass is 19.2. The van der Waals surface area contributed by atoms with E-state index in [9.17, 15) is 23.5 Å². The van der Waals surface area contributed by atoms with Crippen LogP contribution in [0.1, 0.15) is 18.4 Å². The largest absolute Gasteiger partial charge is 0.379 e. The second-order valence-electron chi connectivity index (χ2n) is 5.89. The Labute approximate surface area is 138 Å². The van der Waals surface area contributed by atoms with Crippen LogP contribution in [0.4, 0.5) is 8.78 Å². The Morgan fingerprint density at radius 2 is 2.12 bits per heavy atom. The zero-order valence-electron chi connectivity index (χ0n) is 13.4. The van der Waals surface area contributed by atoms with Crippen LogP contribution in [0.3, 0.4) is 0 Å². The van der Waals surface area contributed by atoms with Gasteiger partial charge in [-0.05, 0) is 30.5 Å². The molecule has 1 unspecified atom stereocenters. The van der Waals surface area contributed by atoms with Gasteiger partial charge in [0.05, 0.1) is 6.54 Å². The molecule has 24 heavy (non-hydrogen) atoms. The van der Waals surface area contributed by atoms with Crippen LogP contribution in [0.15, 0.2) is 18.2 Å². The molecule has 2 amide bonds. The summed E-state index contributed by atoms with van der Waals surface area (Å²) in [6.45, 7) is 0.464. The summed E-state index contributed by atoms with van der Waals surface area (Å²) in [5, 5.41) is 15.7. The van der Waals surface area contributed by atoms with Crippen LogP contribution in [0.2, 0.25) is 0 Å². The van der Waals surface area contributed by atoms with Gasteiger partial charge in [-0.2, -0.15) is 0 Å². The van der Waals surface area contributed by atoms with Crippen molar-refractivity contribution in [2.75, 3.05) is 26.7 Å². The van der Waals surface area contributed by atoms with Gasteiger partial charge in [0.25, 0.3) is 5.91 Å². The van der Waals surface area contributed by atoms with E-state index in [2.05, 4.69) is 10.6 Å². The van der Waals surface area contributed by atoms with Crippen molar-refractivity contribution in [3.63, 3.8) is 0 Å². The summed E-state index contributed by atoms with van der Waals surface area (Å²) >= 11 is 0. The second kappa shape index (κ2) is 7.67. The maximum atomic E-state index is 13.3. The first-order valence-corrected chi connectivity index (χ1v) is 7.73. The highest BCUT2D eigenvalue weighted by Crippen LogP contribution is 2.24. The van der Waals surface area contributed by atoms with E-state index in [-0.39, 0.29) is 32.0 Å². The van der Waals surface area contributed by atoms with Crippen molar-refractivity contribution in [2.24, 2.45) is 0 Å². The molecule has 3 N–H and O–H groups in total. The van der Waals surface area contributed by atoms with Gasteiger partial charge in [0.2, 0.25) is 5.91 Å². The first-order valence-electron chi connectivity index (χ1n) is 7.73. The van der Waals surface area contributed by atoms with Gasteiger partial charge in [-0.1, -0.05) is 6.07 Å². The fourth-order valence-electron chi connectivity index (χ4n) is 2.71. The fourth-order valence-corrected chi connectivity index (χ4v) is 2.71. The van der Waals surface area contributed by atoms with Crippen LogP contribution in [0, 0.1) is 11.6 Å². The smallest absolute Gasteiger partial charge is 0.256 e. The Morgan fingerprint density at radius 1 is 1.38 bits per heavy atom. The molecule has 1 aliphatic heterocycles. The molecule has 0 radical (unpaired) electrons. The number of nitrogens with zero attached hydrogens (tertiary/aromatic N) is 1. The van der Waals surface area contributed by atoms with Gasteiger partial charge in [0.15, 0.2) is 17.2 Å². The number of halogens is 2. The van der Waals surface area contributed by atoms with Crippen molar-refractivity contribution in [2.45, 2.75) is 25.0 Å². The normalized spacial score (nSPS) is 21.0. The highest BCUT2D eigenvalue weighted by molar-refractivity contribution is 5.86. The lowest BCUT2D eigenvalue weighted by atomic mass is 9.91. The molecule has 1 aromatic carbocycles. The van der Waals surface area contributed by atoms with Crippen LogP contribution < -0.4 is 10.6 Å². The van der Waals surface area contributed by atoms with Crippen LogP contribution in [0.25, 0.3) is 0 Å². The number of benzene rings is 1. The van der Waals surface area contributed by atoms with Gasteiger partial charge in [-0.25, -0.2) is 8.78 Å².